The summed E-state index contributed by atoms with van der Waals surface area (Å²) >= 11 is 1.69. The minimum absolute atomic E-state index is 0.0656. The van der Waals surface area contributed by atoms with Crippen LogP contribution in [0.25, 0.3) is 10.1 Å². The first-order chi connectivity index (χ1) is 8.46. The molecule has 0 fully saturated rings. The fourth-order valence-corrected chi connectivity index (χ4v) is 3.68. The van der Waals surface area contributed by atoms with Crippen molar-refractivity contribution >= 4 is 31.3 Å². The van der Waals surface area contributed by atoms with Gasteiger partial charge in [0.2, 0.25) is 0 Å². The Kier molecular flexibility index (Phi) is 4.04. The summed E-state index contributed by atoms with van der Waals surface area (Å²) in [6, 6.07) is 10.2. The fraction of sp³-hybridized carbons (Fsp3) is 0.385. The first kappa shape index (κ1) is 13.5. The minimum Gasteiger partial charge on any atom is -0.323 e. The Morgan fingerprint density at radius 2 is 2.06 bits per heavy atom. The molecule has 0 radical (unpaired) electrons. The number of nitrogens with two attached hydrogens (primary N) is 1. The second-order valence-corrected chi connectivity index (χ2v) is 7.94. The molecule has 1 unspecified atom stereocenters. The van der Waals surface area contributed by atoms with Crippen LogP contribution in [0.4, 0.5) is 0 Å². The van der Waals surface area contributed by atoms with Gasteiger partial charge in [0.15, 0.2) is 0 Å². The number of rotatable bonds is 5. The standard InChI is InChI=1S/C13H17NO2S2/c1-18(15,16)8-4-6-11(14)13-9-10-5-2-3-7-12(10)17-13/h2-3,5,7,9,11H,4,6,8,14H2,1H3. The maximum absolute atomic E-state index is 11.1. The highest BCUT2D eigenvalue weighted by Gasteiger charge is 2.11. The Balaban J connectivity index is 2.02. The third-order valence-corrected chi connectivity index (χ3v) is 5.12. The molecule has 2 N–H and O–H groups in total. The van der Waals surface area contributed by atoms with Crippen LogP contribution < -0.4 is 5.73 Å². The van der Waals surface area contributed by atoms with Gasteiger partial charge in [0, 0.05) is 27.6 Å². The van der Waals surface area contributed by atoms with Gasteiger partial charge >= 0.3 is 0 Å². The lowest BCUT2D eigenvalue weighted by Gasteiger charge is -2.08. The highest BCUT2D eigenvalue weighted by molar-refractivity contribution is 7.90. The van der Waals surface area contributed by atoms with Crippen LogP contribution in [-0.4, -0.2) is 20.4 Å². The summed E-state index contributed by atoms with van der Waals surface area (Å²) in [4.78, 5) is 1.13. The zero-order valence-electron chi connectivity index (χ0n) is 10.3. The van der Waals surface area contributed by atoms with Crippen molar-refractivity contribution < 1.29 is 8.42 Å². The lowest BCUT2D eigenvalue weighted by molar-refractivity contribution is 0.589. The van der Waals surface area contributed by atoms with Gasteiger partial charge in [-0.3, -0.25) is 0 Å². The van der Waals surface area contributed by atoms with E-state index in [0.29, 0.717) is 12.8 Å². The van der Waals surface area contributed by atoms with E-state index in [0.717, 1.165) is 4.88 Å². The molecule has 3 nitrogen and oxygen atoms in total. The van der Waals surface area contributed by atoms with E-state index in [1.165, 1.54) is 16.3 Å². The molecule has 1 aromatic carbocycles. The van der Waals surface area contributed by atoms with E-state index in [1.54, 1.807) is 11.3 Å². The topological polar surface area (TPSA) is 60.2 Å². The Labute approximate surface area is 112 Å². The summed E-state index contributed by atoms with van der Waals surface area (Å²) in [7, 11) is -2.88. The van der Waals surface area contributed by atoms with Crippen LogP contribution in [-0.2, 0) is 9.84 Å². The van der Waals surface area contributed by atoms with Crippen LogP contribution in [0.2, 0.25) is 0 Å². The van der Waals surface area contributed by atoms with Gasteiger partial charge in [-0.05, 0) is 30.4 Å². The third kappa shape index (κ3) is 3.54. The quantitative estimate of drug-likeness (QED) is 0.918. The monoisotopic (exact) mass is 283 g/mol. The lowest BCUT2D eigenvalue weighted by atomic mass is 10.1. The lowest BCUT2D eigenvalue weighted by Crippen LogP contribution is -2.11. The van der Waals surface area contributed by atoms with E-state index in [9.17, 15) is 8.42 Å². The number of sulfone groups is 1. The van der Waals surface area contributed by atoms with Gasteiger partial charge in [-0.15, -0.1) is 11.3 Å². The average molecular weight is 283 g/mol. The number of hydrogen-bond acceptors (Lipinski definition) is 4. The Bertz CT molecular complexity index is 598. The van der Waals surface area contributed by atoms with Crippen LogP contribution in [0.15, 0.2) is 30.3 Å². The molecule has 0 amide bonds. The number of benzene rings is 1. The van der Waals surface area contributed by atoms with E-state index in [2.05, 4.69) is 18.2 Å². The molecular formula is C13H17NO2S2. The van der Waals surface area contributed by atoms with Gasteiger partial charge in [-0.25, -0.2) is 8.42 Å². The van der Waals surface area contributed by atoms with E-state index >= 15 is 0 Å². The summed E-state index contributed by atoms with van der Waals surface area (Å²) < 4.78 is 23.3. The second kappa shape index (κ2) is 5.38. The summed E-state index contributed by atoms with van der Waals surface area (Å²) in [5.41, 5.74) is 6.10. The molecule has 0 aliphatic rings. The van der Waals surface area contributed by atoms with E-state index < -0.39 is 9.84 Å². The molecule has 2 aromatic rings. The largest absolute Gasteiger partial charge is 0.323 e. The van der Waals surface area contributed by atoms with Crippen molar-refractivity contribution in [2.75, 3.05) is 12.0 Å². The van der Waals surface area contributed by atoms with E-state index in [4.69, 9.17) is 5.73 Å². The van der Waals surface area contributed by atoms with Gasteiger partial charge in [0.25, 0.3) is 0 Å². The molecular weight excluding hydrogens is 266 g/mol. The summed E-state index contributed by atoms with van der Waals surface area (Å²) in [6.07, 6.45) is 2.59. The van der Waals surface area contributed by atoms with Gasteiger partial charge in [-0.1, -0.05) is 18.2 Å². The molecule has 0 saturated heterocycles. The van der Waals surface area contributed by atoms with Gasteiger partial charge in [0.05, 0.1) is 0 Å². The SMILES string of the molecule is CS(=O)(=O)CCCC(N)c1cc2ccccc2s1. The fourth-order valence-electron chi connectivity index (χ4n) is 1.89. The van der Waals surface area contributed by atoms with Crippen molar-refractivity contribution in [1.29, 1.82) is 0 Å². The molecule has 2 rings (SSSR count). The van der Waals surface area contributed by atoms with Gasteiger partial charge < -0.3 is 5.73 Å². The van der Waals surface area contributed by atoms with Crippen molar-refractivity contribution in [1.82, 2.24) is 0 Å². The molecule has 1 atom stereocenters. The minimum atomic E-state index is -2.88. The van der Waals surface area contributed by atoms with Crippen LogP contribution in [0.5, 0.6) is 0 Å². The zero-order valence-corrected chi connectivity index (χ0v) is 11.9. The van der Waals surface area contributed by atoms with Gasteiger partial charge in [0.1, 0.15) is 9.84 Å². The molecule has 1 aromatic heterocycles. The maximum atomic E-state index is 11.1. The average Bonchev–Trinajstić information content (AvgIpc) is 2.70. The van der Waals surface area contributed by atoms with Crippen LogP contribution in [0, 0.1) is 0 Å². The van der Waals surface area contributed by atoms with Crippen molar-refractivity contribution in [3.63, 3.8) is 0 Å². The third-order valence-electron chi connectivity index (χ3n) is 2.84. The molecule has 0 saturated carbocycles. The molecule has 0 spiro atoms. The van der Waals surface area contributed by atoms with Crippen LogP contribution in [0.1, 0.15) is 23.8 Å². The van der Waals surface area contributed by atoms with E-state index in [1.807, 2.05) is 12.1 Å². The number of fused-ring (bicyclic) bond motifs is 1. The highest BCUT2D eigenvalue weighted by atomic mass is 32.2. The first-order valence-electron chi connectivity index (χ1n) is 5.87. The molecule has 18 heavy (non-hydrogen) atoms. The van der Waals surface area contributed by atoms with E-state index in [-0.39, 0.29) is 11.8 Å². The van der Waals surface area contributed by atoms with Crippen LogP contribution >= 0.6 is 11.3 Å². The molecule has 5 heteroatoms. The highest BCUT2D eigenvalue weighted by Crippen LogP contribution is 2.30. The maximum Gasteiger partial charge on any atom is 0.147 e. The molecule has 1 heterocycles. The van der Waals surface area contributed by atoms with Gasteiger partial charge in [-0.2, -0.15) is 0 Å². The summed E-state index contributed by atoms with van der Waals surface area (Å²) in [5, 5.41) is 1.20. The second-order valence-electron chi connectivity index (χ2n) is 4.57. The predicted octanol–water partition coefficient (Wildman–Crippen LogP) is 2.73. The van der Waals surface area contributed by atoms with Crippen molar-refractivity contribution in [3.8, 4) is 0 Å². The van der Waals surface area contributed by atoms with Crippen LogP contribution in [0.3, 0.4) is 0 Å². The van der Waals surface area contributed by atoms with Crippen molar-refractivity contribution in [2.24, 2.45) is 5.73 Å². The Hall–Kier alpha value is -0.910. The summed E-state index contributed by atoms with van der Waals surface area (Å²) in [6.45, 7) is 0. The normalized spacial score (nSPS) is 13.9. The van der Waals surface area contributed by atoms with Crippen molar-refractivity contribution in [2.45, 2.75) is 18.9 Å². The molecule has 0 aliphatic carbocycles. The Morgan fingerprint density at radius 1 is 1.33 bits per heavy atom. The summed E-state index contributed by atoms with van der Waals surface area (Å²) in [5.74, 6) is 0.214. The first-order valence-corrected chi connectivity index (χ1v) is 8.75. The van der Waals surface area contributed by atoms with Crippen molar-refractivity contribution in [3.05, 3.63) is 35.2 Å². The number of thiophene rings is 1. The molecule has 0 bridgehead atoms. The Morgan fingerprint density at radius 3 is 2.72 bits per heavy atom. The molecule has 0 aliphatic heterocycles. The smallest absolute Gasteiger partial charge is 0.147 e. The molecule has 98 valence electrons. The predicted molar refractivity (Wildman–Crippen MR) is 77.7 cm³/mol. The number of hydrogen-bond donors (Lipinski definition) is 1. The zero-order chi connectivity index (χ0) is 13.2.